The Balaban J connectivity index is 1.67. The number of carbonyl (C=O) groups is 1. The summed E-state index contributed by atoms with van der Waals surface area (Å²) in [6.07, 6.45) is 8.83. The molecule has 5 rings (SSSR count). The quantitative estimate of drug-likeness (QED) is 0.0854. The molecule has 278 valence electrons. The summed E-state index contributed by atoms with van der Waals surface area (Å²) in [5.74, 6) is 0.0491. The van der Waals surface area contributed by atoms with Crippen molar-refractivity contribution in [2.24, 2.45) is 28.3 Å². The lowest BCUT2D eigenvalue weighted by atomic mass is 9.55. The summed E-state index contributed by atoms with van der Waals surface area (Å²) in [5.41, 5.74) is 2.58. The van der Waals surface area contributed by atoms with Crippen molar-refractivity contribution in [2.75, 3.05) is 66.8 Å². The summed E-state index contributed by atoms with van der Waals surface area (Å²) < 4.78 is 26.2. The molecule has 0 radical (unpaired) electrons. The van der Waals surface area contributed by atoms with Crippen molar-refractivity contribution in [2.45, 2.75) is 83.5 Å². The van der Waals surface area contributed by atoms with E-state index in [1.165, 1.54) is 0 Å². The van der Waals surface area contributed by atoms with Crippen molar-refractivity contribution in [1.29, 1.82) is 0 Å². The number of unbranched alkanes of at least 4 members (excludes halogenated alkanes) is 2. The molecule has 4 aliphatic rings. The number of benzene rings is 1. The van der Waals surface area contributed by atoms with Gasteiger partial charge in [-0.2, -0.15) is 0 Å². The smallest absolute Gasteiger partial charge is 0.410 e. The fourth-order valence-corrected chi connectivity index (χ4v) is 8.02. The number of aliphatic hydroxyl groups excluding tert-OH is 2. The lowest BCUT2D eigenvalue weighted by Gasteiger charge is -2.59. The van der Waals surface area contributed by atoms with Crippen LogP contribution in [0.25, 0.3) is 0 Å². The molecule has 11 nitrogen and oxygen atoms in total. The number of ether oxygens (including phenoxy) is 4. The molecule has 2 heterocycles. The molecular weight excluding hydrogens is 638 g/mol. The Kier molecular flexibility index (Phi) is 12.9. The number of aliphatic hydroxyl groups is 2. The molecule has 1 amide bonds. The third-order valence-corrected chi connectivity index (χ3v) is 10.4. The van der Waals surface area contributed by atoms with Gasteiger partial charge < -0.3 is 38.9 Å². The first kappa shape index (κ1) is 38.1. The van der Waals surface area contributed by atoms with Gasteiger partial charge in [-0.3, -0.25) is 4.90 Å². The van der Waals surface area contributed by atoms with Gasteiger partial charge in [-0.1, -0.05) is 50.9 Å². The van der Waals surface area contributed by atoms with Crippen molar-refractivity contribution < 1.29 is 38.8 Å². The van der Waals surface area contributed by atoms with E-state index in [0.29, 0.717) is 25.2 Å². The lowest BCUT2D eigenvalue weighted by molar-refractivity contribution is -0.253. The van der Waals surface area contributed by atoms with Gasteiger partial charge in [0.15, 0.2) is 0 Å². The van der Waals surface area contributed by atoms with Crippen LogP contribution in [0.1, 0.15) is 77.2 Å². The maximum absolute atomic E-state index is 13.8. The maximum Gasteiger partial charge on any atom is 0.410 e. The van der Waals surface area contributed by atoms with Crippen molar-refractivity contribution in [3.8, 4) is 11.5 Å². The van der Waals surface area contributed by atoms with E-state index in [1.54, 1.807) is 25.1 Å². The standard InChI is InChI=1S/C39H59N3O8/c1-7-21-49-39-34(41(5)37(45)48-26-38(2,3)4)25-32(40-46-6)30-23-27(12-8-10-19-43)29(13-9-11-20-44)35(36(30)39)31-24-28(14-15-33(31)50-39)47-22-18-42-16-17-42/h7,14-15,23-24,27,29,34-36,43-44H,1,8-13,16-22,25-26H2,2-6H3. The highest BCUT2D eigenvalue weighted by Gasteiger charge is 2.65. The van der Waals surface area contributed by atoms with Gasteiger partial charge in [0.2, 0.25) is 5.79 Å². The first-order valence-electron chi connectivity index (χ1n) is 18.4. The van der Waals surface area contributed by atoms with Gasteiger partial charge in [-0.25, -0.2) is 4.79 Å². The minimum Gasteiger partial charge on any atom is -0.492 e. The molecule has 11 heteroatoms. The van der Waals surface area contributed by atoms with Crippen LogP contribution in [-0.2, 0) is 14.3 Å². The number of carbonyl (C=O) groups excluding carboxylic acids is 1. The third-order valence-electron chi connectivity index (χ3n) is 10.4. The Hall–Kier alpha value is -3.12. The fourth-order valence-electron chi connectivity index (χ4n) is 8.02. The summed E-state index contributed by atoms with van der Waals surface area (Å²) in [6.45, 7) is 14.5. The molecule has 2 N–H and O–H groups in total. The van der Waals surface area contributed by atoms with Crippen LogP contribution in [0.15, 0.2) is 47.7 Å². The second-order valence-corrected chi connectivity index (χ2v) is 15.4. The number of amides is 1. The first-order chi connectivity index (χ1) is 24.1. The van der Waals surface area contributed by atoms with Gasteiger partial charge in [0.05, 0.1) is 24.8 Å². The molecule has 50 heavy (non-hydrogen) atoms. The van der Waals surface area contributed by atoms with Crippen LogP contribution >= 0.6 is 0 Å². The van der Waals surface area contributed by atoms with Crippen LogP contribution < -0.4 is 9.47 Å². The molecule has 2 fully saturated rings. The number of oxime groups is 1. The summed E-state index contributed by atoms with van der Waals surface area (Å²) in [5, 5.41) is 24.1. The van der Waals surface area contributed by atoms with Gasteiger partial charge in [-0.05, 0) is 66.7 Å². The number of rotatable bonds is 18. The van der Waals surface area contributed by atoms with E-state index < -0.39 is 17.9 Å². The van der Waals surface area contributed by atoms with E-state index in [1.807, 2.05) is 32.9 Å². The molecule has 2 aliphatic carbocycles. The molecule has 6 unspecified atom stereocenters. The minimum absolute atomic E-state index is 0.0963. The summed E-state index contributed by atoms with van der Waals surface area (Å²) in [4.78, 5) is 23.2. The summed E-state index contributed by atoms with van der Waals surface area (Å²) >= 11 is 0. The largest absolute Gasteiger partial charge is 0.492 e. The topological polar surface area (TPSA) is 122 Å². The lowest BCUT2D eigenvalue weighted by Crippen LogP contribution is -2.69. The summed E-state index contributed by atoms with van der Waals surface area (Å²) in [7, 11) is 3.29. The number of likely N-dealkylation sites (N-methyl/N-ethyl adjacent to an activating group) is 1. The molecule has 6 atom stereocenters. The van der Waals surface area contributed by atoms with Crippen molar-refractivity contribution in [3.63, 3.8) is 0 Å². The average molecular weight is 698 g/mol. The highest BCUT2D eigenvalue weighted by Crippen LogP contribution is 2.61. The molecule has 0 aromatic heterocycles. The predicted octanol–water partition coefficient (Wildman–Crippen LogP) is 5.76. The SMILES string of the molecule is C=CCOC12Oc3ccc(OCCN4CC4)cc3C3C(CCCCO)C(CCCCO)C=C(C(=NOC)CC1N(C)C(=O)OCC(C)(C)C)C32. The van der Waals surface area contributed by atoms with E-state index in [9.17, 15) is 15.0 Å². The second kappa shape index (κ2) is 16.9. The first-order valence-corrected chi connectivity index (χ1v) is 18.4. The Labute approximate surface area is 298 Å². The molecule has 0 bridgehead atoms. The highest BCUT2D eigenvalue weighted by molar-refractivity contribution is 6.02. The molecule has 1 aromatic rings. The normalized spacial score (nSPS) is 27.8. The Morgan fingerprint density at radius 3 is 2.56 bits per heavy atom. The van der Waals surface area contributed by atoms with E-state index in [2.05, 4.69) is 28.8 Å². The molecule has 0 spiro atoms. The van der Waals surface area contributed by atoms with Crippen molar-refractivity contribution in [1.82, 2.24) is 9.80 Å². The maximum atomic E-state index is 13.8. The van der Waals surface area contributed by atoms with Crippen LogP contribution in [0.2, 0.25) is 0 Å². The van der Waals surface area contributed by atoms with Crippen LogP contribution in [0.3, 0.4) is 0 Å². The molecular formula is C39H59N3O8. The summed E-state index contributed by atoms with van der Waals surface area (Å²) in [6, 6.07) is 5.45. The van der Waals surface area contributed by atoms with Gasteiger partial charge in [0.1, 0.15) is 31.3 Å². The monoisotopic (exact) mass is 697 g/mol. The van der Waals surface area contributed by atoms with Crippen molar-refractivity contribution in [3.05, 3.63) is 48.1 Å². The molecule has 1 saturated carbocycles. The zero-order valence-electron chi connectivity index (χ0n) is 30.8. The van der Waals surface area contributed by atoms with Gasteiger partial charge in [0, 0.05) is 57.8 Å². The van der Waals surface area contributed by atoms with Crippen molar-refractivity contribution >= 4 is 11.8 Å². The molecule has 2 aliphatic heterocycles. The number of hydrogen-bond acceptors (Lipinski definition) is 10. The third kappa shape index (κ3) is 8.66. The molecule has 1 aromatic carbocycles. The van der Waals surface area contributed by atoms with Gasteiger partial charge >= 0.3 is 6.09 Å². The Bertz CT molecular complexity index is 1370. The van der Waals surface area contributed by atoms with E-state index in [0.717, 1.165) is 74.3 Å². The minimum atomic E-state index is -1.30. The Morgan fingerprint density at radius 1 is 1.16 bits per heavy atom. The van der Waals surface area contributed by atoms with E-state index in [-0.39, 0.29) is 55.5 Å². The zero-order valence-corrected chi connectivity index (χ0v) is 30.8. The van der Waals surface area contributed by atoms with E-state index >= 15 is 0 Å². The second-order valence-electron chi connectivity index (χ2n) is 15.4. The fraction of sp³-hybridized carbons (Fsp3) is 0.692. The Morgan fingerprint density at radius 2 is 1.90 bits per heavy atom. The average Bonchev–Trinajstić information content (AvgIpc) is 3.92. The number of nitrogens with zero attached hydrogens (tertiary/aromatic N) is 3. The number of hydrogen-bond donors (Lipinski definition) is 2. The van der Waals surface area contributed by atoms with Crippen LogP contribution in [0.5, 0.6) is 11.5 Å². The van der Waals surface area contributed by atoms with Crippen LogP contribution in [0, 0.1) is 23.2 Å². The van der Waals surface area contributed by atoms with Crippen LogP contribution in [-0.4, -0.2) is 110 Å². The number of fused-ring (bicyclic) bond motifs is 2. The van der Waals surface area contributed by atoms with E-state index in [4.69, 9.17) is 23.8 Å². The molecule has 1 saturated heterocycles. The number of allylic oxidation sites excluding steroid dienone is 1. The van der Waals surface area contributed by atoms with Gasteiger partial charge in [0.25, 0.3) is 0 Å². The zero-order chi connectivity index (χ0) is 35.9. The van der Waals surface area contributed by atoms with Crippen LogP contribution in [0.4, 0.5) is 4.79 Å². The van der Waals surface area contributed by atoms with Gasteiger partial charge in [-0.15, -0.1) is 6.58 Å². The predicted molar refractivity (Wildman–Crippen MR) is 192 cm³/mol. The highest BCUT2D eigenvalue weighted by atomic mass is 16.7.